The lowest BCUT2D eigenvalue weighted by molar-refractivity contribution is -0.119. The number of hydrogen-bond donors (Lipinski definition) is 2. The summed E-state index contributed by atoms with van der Waals surface area (Å²) in [6, 6.07) is 10.7. The van der Waals surface area contributed by atoms with E-state index in [0.29, 0.717) is 29.6 Å². The first-order chi connectivity index (χ1) is 13.2. The highest BCUT2D eigenvalue weighted by Crippen LogP contribution is 2.19. The molecule has 0 unspecified atom stereocenters. The first-order valence-electron chi connectivity index (χ1n) is 8.26. The summed E-state index contributed by atoms with van der Waals surface area (Å²) in [5, 5.41) is 17.6. The van der Waals surface area contributed by atoms with E-state index in [1.807, 2.05) is 0 Å². The number of hydrogen-bond acceptors (Lipinski definition) is 7. The first kappa shape index (κ1) is 18.6. The maximum Gasteiger partial charge on any atom is 0.230 e. The van der Waals surface area contributed by atoms with Crippen molar-refractivity contribution < 1.29 is 14.0 Å². The third kappa shape index (κ3) is 5.17. The van der Waals surface area contributed by atoms with Crippen LogP contribution in [0.3, 0.4) is 0 Å². The van der Waals surface area contributed by atoms with Crippen LogP contribution in [0.1, 0.15) is 19.1 Å². The molecule has 0 spiro atoms. The van der Waals surface area contributed by atoms with Gasteiger partial charge in [-0.2, -0.15) is 4.68 Å². The summed E-state index contributed by atoms with van der Waals surface area (Å²) in [6.07, 6.45) is 1.97. The topological polar surface area (TPSA) is 115 Å². The number of nitrogens with one attached hydrogen (secondary N) is 2. The zero-order chi connectivity index (χ0) is 19.1. The molecule has 140 valence electrons. The van der Waals surface area contributed by atoms with Crippen LogP contribution in [0.15, 0.2) is 52.2 Å². The normalized spacial score (nSPS) is 10.6. The third-order valence-corrected chi connectivity index (χ3v) is 4.45. The summed E-state index contributed by atoms with van der Waals surface area (Å²) < 4.78 is 6.71. The zero-order valence-electron chi connectivity index (χ0n) is 14.6. The fourth-order valence-electron chi connectivity index (χ4n) is 2.15. The smallest absolute Gasteiger partial charge is 0.230 e. The molecule has 2 N–H and O–H groups in total. The van der Waals surface area contributed by atoms with Gasteiger partial charge >= 0.3 is 0 Å². The number of furan rings is 1. The number of benzene rings is 1. The molecule has 2 heterocycles. The standard InChI is InChI=1S/C17H18N6O3S/c1-2-15(24)19-12-5-7-13(8-6-12)23-17(20-21-22-23)27-11-16(25)18-10-14-4-3-9-26-14/h3-9H,2,10-11H2,1H3,(H,18,25)(H,19,24). The number of rotatable bonds is 8. The van der Waals surface area contributed by atoms with Crippen molar-refractivity contribution in [3.8, 4) is 5.69 Å². The molecule has 27 heavy (non-hydrogen) atoms. The second-order valence-corrected chi connectivity index (χ2v) is 6.41. The van der Waals surface area contributed by atoms with Gasteiger partial charge in [0, 0.05) is 12.1 Å². The second-order valence-electron chi connectivity index (χ2n) is 5.47. The minimum absolute atomic E-state index is 0.0537. The monoisotopic (exact) mass is 386 g/mol. The molecule has 0 aliphatic rings. The SMILES string of the molecule is CCC(=O)Nc1ccc(-n2nnnc2SCC(=O)NCc2ccco2)cc1. The number of carbonyl (C=O) groups is 2. The molecule has 0 bridgehead atoms. The molecule has 0 fully saturated rings. The van der Waals surface area contributed by atoms with Crippen molar-refractivity contribution in [3.63, 3.8) is 0 Å². The highest BCUT2D eigenvalue weighted by atomic mass is 32.2. The van der Waals surface area contributed by atoms with Gasteiger partial charge in [-0.3, -0.25) is 9.59 Å². The Bertz CT molecular complexity index is 892. The Morgan fingerprint density at radius 3 is 2.70 bits per heavy atom. The largest absolute Gasteiger partial charge is 0.467 e. The summed E-state index contributed by atoms with van der Waals surface area (Å²) in [7, 11) is 0. The fraction of sp³-hybridized carbons (Fsp3) is 0.235. The average Bonchev–Trinajstić information content (AvgIpc) is 3.37. The van der Waals surface area contributed by atoms with Crippen molar-refractivity contribution in [1.82, 2.24) is 25.5 Å². The third-order valence-electron chi connectivity index (χ3n) is 3.53. The van der Waals surface area contributed by atoms with E-state index in [-0.39, 0.29) is 17.6 Å². The highest BCUT2D eigenvalue weighted by molar-refractivity contribution is 7.99. The molecule has 0 aliphatic carbocycles. The van der Waals surface area contributed by atoms with Crippen molar-refractivity contribution >= 4 is 29.3 Å². The van der Waals surface area contributed by atoms with Gasteiger partial charge < -0.3 is 15.1 Å². The Kier molecular flexibility index (Phi) is 6.21. The molecule has 9 nitrogen and oxygen atoms in total. The molecule has 10 heteroatoms. The predicted octanol–water partition coefficient (Wildman–Crippen LogP) is 2.01. The number of amides is 2. The van der Waals surface area contributed by atoms with Crippen LogP contribution in [-0.4, -0.2) is 37.8 Å². The second kappa shape index (κ2) is 8.99. The fourth-order valence-corrected chi connectivity index (χ4v) is 2.87. The maximum absolute atomic E-state index is 12.0. The molecule has 3 aromatic rings. The van der Waals surface area contributed by atoms with Crippen LogP contribution in [0.4, 0.5) is 5.69 Å². The van der Waals surface area contributed by atoms with Crippen LogP contribution in [0, 0.1) is 0 Å². The van der Waals surface area contributed by atoms with E-state index in [1.54, 1.807) is 49.6 Å². The molecular weight excluding hydrogens is 368 g/mol. The Morgan fingerprint density at radius 1 is 1.19 bits per heavy atom. The lowest BCUT2D eigenvalue weighted by atomic mass is 10.2. The van der Waals surface area contributed by atoms with Gasteiger partial charge in [0.05, 0.1) is 24.2 Å². The van der Waals surface area contributed by atoms with Crippen molar-refractivity contribution in [1.29, 1.82) is 0 Å². The summed E-state index contributed by atoms with van der Waals surface area (Å²) in [4.78, 5) is 23.4. The molecule has 2 amide bonds. The van der Waals surface area contributed by atoms with Crippen LogP contribution in [0.2, 0.25) is 0 Å². The van der Waals surface area contributed by atoms with E-state index < -0.39 is 0 Å². The van der Waals surface area contributed by atoms with E-state index in [9.17, 15) is 9.59 Å². The van der Waals surface area contributed by atoms with Crippen LogP contribution in [0.25, 0.3) is 5.69 Å². The van der Waals surface area contributed by atoms with E-state index >= 15 is 0 Å². The minimum atomic E-state index is -0.149. The zero-order valence-corrected chi connectivity index (χ0v) is 15.4. The Balaban J connectivity index is 1.57. The van der Waals surface area contributed by atoms with Crippen LogP contribution in [0.5, 0.6) is 0 Å². The average molecular weight is 386 g/mol. The van der Waals surface area contributed by atoms with Crippen molar-refractivity contribution in [3.05, 3.63) is 48.4 Å². The number of carbonyl (C=O) groups excluding carboxylic acids is 2. The lowest BCUT2D eigenvalue weighted by Crippen LogP contribution is -2.24. The molecule has 0 saturated heterocycles. The number of tetrazole rings is 1. The molecule has 0 aliphatic heterocycles. The first-order valence-corrected chi connectivity index (χ1v) is 9.25. The number of aromatic nitrogens is 4. The molecule has 0 radical (unpaired) electrons. The molecular formula is C17H18N6O3S. The Hall–Kier alpha value is -3.14. The van der Waals surface area contributed by atoms with E-state index in [0.717, 1.165) is 5.69 Å². The number of thioether (sulfide) groups is 1. The molecule has 1 aromatic carbocycles. The minimum Gasteiger partial charge on any atom is -0.467 e. The van der Waals surface area contributed by atoms with E-state index in [1.165, 1.54) is 16.4 Å². The summed E-state index contributed by atoms with van der Waals surface area (Å²) in [5.41, 5.74) is 1.43. The van der Waals surface area contributed by atoms with E-state index in [4.69, 9.17) is 4.42 Å². The van der Waals surface area contributed by atoms with Gasteiger partial charge in [-0.05, 0) is 46.8 Å². The van der Waals surface area contributed by atoms with Gasteiger partial charge in [0.15, 0.2) is 0 Å². The highest BCUT2D eigenvalue weighted by Gasteiger charge is 2.12. The van der Waals surface area contributed by atoms with Crippen LogP contribution in [-0.2, 0) is 16.1 Å². The lowest BCUT2D eigenvalue weighted by Gasteiger charge is -2.07. The number of anilines is 1. The van der Waals surface area contributed by atoms with Crippen molar-refractivity contribution in [2.45, 2.75) is 25.0 Å². The van der Waals surface area contributed by atoms with Crippen molar-refractivity contribution in [2.24, 2.45) is 0 Å². The van der Waals surface area contributed by atoms with E-state index in [2.05, 4.69) is 26.2 Å². The van der Waals surface area contributed by atoms with Gasteiger partial charge in [-0.25, -0.2) is 0 Å². The molecule has 0 saturated carbocycles. The maximum atomic E-state index is 12.0. The summed E-state index contributed by atoms with van der Waals surface area (Å²) >= 11 is 1.23. The summed E-state index contributed by atoms with van der Waals surface area (Å²) in [6.45, 7) is 2.13. The predicted molar refractivity (Wildman–Crippen MR) is 99.4 cm³/mol. The quantitative estimate of drug-likeness (QED) is 0.569. The number of nitrogens with zero attached hydrogens (tertiary/aromatic N) is 4. The molecule has 3 rings (SSSR count). The molecule has 2 aromatic heterocycles. The van der Waals surface area contributed by atoms with Gasteiger partial charge in [-0.15, -0.1) is 5.10 Å². The Morgan fingerprint density at radius 2 is 2.00 bits per heavy atom. The summed E-state index contributed by atoms with van der Waals surface area (Å²) in [5.74, 6) is 0.658. The van der Waals surface area contributed by atoms with Gasteiger partial charge in [-0.1, -0.05) is 18.7 Å². The van der Waals surface area contributed by atoms with Gasteiger partial charge in [0.25, 0.3) is 0 Å². The molecule has 0 atom stereocenters. The Labute approximate surface area is 159 Å². The van der Waals surface area contributed by atoms with Crippen LogP contribution >= 0.6 is 11.8 Å². The van der Waals surface area contributed by atoms with Gasteiger partial charge in [0.2, 0.25) is 17.0 Å². The van der Waals surface area contributed by atoms with Crippen LogP contribution < -0.4 is 10.6 Å². The van der Waals surface area contributed by atoms with Gasteiger partial charge in [0.1, 0.15) is 5.76 Å². The van der Waals surface area contributed by atoms with Crippen molar-refractivity contribution in [2.75, 3.05) is 11.1 Å².